The first kappa shape index (κ1) is 14.9. The van der Waals surface area contributed by atoms with Crippen molar-refractivity contribution in [2.75, 3.05) is 20.3 Å². The number of carbonyl (C=O) groups excluding carboxylic acids is 1. The van der Waals surface area contributed by atoms with E-state index in [0.29, 0.717) is 4.43 Å². The largest absolute Gasteiger partial charge is 0.428 e. The van der Waals surface area contributed by atoms with E-state index in [1.807, 2.05) is 0 Å². The minimum absolute atomic E-state index is 0.00348. The Morgan fingerprint density at radius 2 is 2.14 bits per heavy atom. The third-order valence-electron chi connectivity index (χ3n) is 2.95. The van der Waals surface area contributed by atoms with Gasteiger partial charge in [0.05, 0.1) is 17.6 Å². The van der Waals surface area contributed by atoms with Crippen LogP contribution in [0.1, 0.15) is 16.2 Å². The number of amides is 1. The molecule has 0 atom stereocenters. The number of aliphatic hydroxyl groups is 1. The van der Waals surface area contributed by atoms with Gasteiger partial charge in [-0.2, -0.15) is 4.73 Å². The molecule has 8 nitrogen and oxygen atoms in total. The number of nitrogens with zero attached hydrogens (tertiary/aromatic N) is 2. The molecule has 0 saturated heterocycles. The van der Waals surface area contributed by atoms with E-state index in [4.69, 9.17) is 9.84 Å². The number of rotatable bonds is 5. The van der Waals surface area contributed by atoms with Gasteiger partial charge in [-0.1, -0.05) is 12.1 Å². The molecular formula is C13H16N3O5+. The summed E-state index contributed by atoms with van der Waals surface area (Å²) in [5.41, 5.74) is 0.167. The Kier molecular flexibility index (Phi) is 4.51. The Labute approximate surface area is 119 Å². The lowest BCUT2D eigenvalue weighted by molar-refractivity contribution is -0.469. The molecule has 0 spiro atoms. The first-order valence-corrected chi connectivity index (χ1v) is 6.28. The highest BCUT2D eigenvalue weighted by Crippen LogP contribution is 2.14. The minimum atomic E-state index is -0.695. The van der Waals surface area contributed by atoms with Gasteiger partial charge in [-0.3, -0.25) is 4.79 Å². The van der Waals surface area contributed by atoms with Crippen LogP contribution in [0.5, 0.6) is 0 Å². The molecule has 1 heterocycles. The number of fused-ring (bicyclic) bond motifs is 1. The fourth-order valence-corrected chi connectivity index (χ4v) is 2.04. The molecule has 8 heteroatoms. The van der Waals surface area contributed by atoms with Crippen molar-refractivity contribution in [3.05, 3.63) is 40.6 Å². The van der Waals surface area contributed by atoms with Crippen LogP contribution in [-0.2, 0) is 11.3 Å². The highest BCUT2D eigenvalue weighted by atomic mass is 16.5. The average molecular weight is 294 g/mol. The third kappa shape index (κ3) is 2.71. The molecule has 0 unspecified atom stereocenters. The first-order valence-electron chi connectivity index (χ1n) is 6.28. The highest BCUT2D eigenvalue weighted by Gasteiger charge is 2.30. The maximum Gasteiger partial charge on any atom is 0.352 e. The van der Waals surface area contributed by atoms with Crippen molar-refractivity contribution in [2.24, 2.45) is 0 Å². The van der Waals surface area contributed by atoms with E-state index in [0.717, 1.165) is 4.73 Å². The summed E-state index contributed by atoms with van der Waals surface area (Å²) in [4.78, 5) is 24.5. The molecule has 21 heavy (non-hydrogen) atoms. The molecule has 0 saturated carbocycles. The van der Waals surface area contributed by atoms with Gasteiger partial charge in [-0.05, 0) is 6.07 Å². The van der Waals surface area contributed by atoms with Gasteiger partial charge >= 0.3 is 11.6 Å². The molecule has 0 fully saturated rings. The number of hydrogen-bond acceptors (Lipinski definition) is 5. The third-order valence-corrected chi connectivity index (χ3v) is 2.95. The van der Waals surface area contributed by atoms with Crippen LogP contribution in [0.15, 0.2) is 24.3 Å². The summed E-state index contributed by atoms with van der Waals surface area (Å²) in [6.45, 7) is -0.369. The van der Waals surface area contributed by atoms with Gasteiger partial charge in [0.25, 0.3) is 5.52 Å². The van der Waals surface area contributed by atoms with E-state index in [1.54, 1.807) is 18.2 Å². The molecule has 2 rings (SSSR count). The topological polar surface area (TPSA) is 107 Å². The molecular weight excluding hydrogens is 278 g/mol. The Morgan fingerprint density at radius 3 is 2.81 bits per heavy atom. The fourth-order valence-electron chi connectivity index (χ4n) is 2.04. The molecule has 2 aromatic rings. The van der Waals surface area contributed by atoms with Crippen molar-refractivity contribution < 1.29 is 24.3 Å². The van der Waals surface area contributed by atoms with E-state index in [-0.39, 0.29) is 42.2 Å². The maximum absolute atomic E-state index is 12.4. The van der Waals surface area contributed by atoms with Gasteiger partial charge in [0, 0.05) is 24.6 Å². The van der Waals surface area contributed by atoms with Crippen molar-refractivity contribution in [3.63, 3.8) is 0 Å². The number of methoxy groups -OCH3 is 1. The number of ether oxygens (including phenoxy) is 1. The summed E-state index contributed by atoms with van der Waals surface area (Å²) in [6, 6.07) is 6.34. The minimum Gasteiger partial charge on any atom is -0.428 e. The Hall–Kier alpha value is -2.45. The molecule has 1 aromatic heterocycles. The van der Waals surface area contributed by atoms with Crippen LogP contribution in [0, 0.1) is 4.91 Å². The SMILES string of the molecule is COCc1c(C(=O)NCCO)[n+](=O)c2ccccc2n1O. The summed E-state index contributed by atoms with van der Waals surface area (Å²) in [5, 5.41) is 21.4. The molecule has 3 N–H and O–H groups in total. The van der Waals surface area contributed by atoms with Crippen LogP contribution in [-0.4, -0.2) is 41.2 Å². The molecule has 1 amide bonds. The first-order chi connectivity index (χ1) is 10.1. The van der Waals surface area contributed by atoms with Gasteiger partial charge in [0.2, 0.25) is 0 Å². The van der Waals surface area contributed by atoms with Gasteiger partial charge in [-0.15, -0.1) is 0 Å². The van der Waals surface area contributed by atoms with Crippen LogP contribution < -0.4 is 9.74 Å². The van der Waals surface area contributed by atoms with Crippen LogP contribution in [0.4, 0.5) is 0 Å². The van der Waals surface area contributed by atoms with Gasteiger partial charge < -0.3 is 20.4 Å². The zero-order chi connectivity index (χ0) is 15.4. The van der Waals surface area contributed by atoms with E-state index in [9.17, 15) is 14.9 Å². The maximum atomic E-state index is 12.4. The summed E-state index contributed by atoms with van der Waals surface area (Å²) in [7, 11) is 1.39. The Morgan fingerprint density at radius 1 is 1.43 bits per heavy atom. The molecule has 0 bridgehead atoms. The zero-order valence-corrected chi connectivity index (χ0v) is 11.4. The van der Waals surface area contributed by atoms with Crippen molar-refractivity contribution in [1.82, 2.24) is 10.0 Å². The van der Waals surface area contributed by atoms with Gasteiger partial charge in [-0.25, -0.2) is 0 Å². The second-order valence-electron chi connectivity index (χ2n) is 4.30. The number of para-hydroxylation sites is 2. The average Bonchev–Trinajstić information content (AvgIpc) is 2.50. The van der Waals surface area contributed by atoms with Crippen molar-refractivity contribution in [3.8, 4) is 0 Å². The highest BCUT2D eigenvalue weighted by molar-refractivity contribution is 5.93. The summed E-state index contributed by atoms with van der Waals surface area (Å²) < 4.78 is 6.16. The molecule has 0 aliphatic heterocycles. The lowest BCUT2D eigenvalue weighted by atomic mass is 10.2. The van der Waals surface area contributed by atoms with E-state index < -0.39 is 5.91 Å². The molecule has 0 aliphatic rings. The lowest BCUT2D eigenvalue weighted by Gasteiger charge is -2.09. The van der Waals surface area contributed by atoms with Crippen molar-refractivity contribution in [1.29, 1.82) is 0 Å². The van der Waals surface area contributed by atoms with Crippen LogP contribution >= 0.6 is 0 Å². The molecule has 0 radical (unpaired) electrons. The molecule has 0 aliphatic carbocycles. The van der Waals surface area contributed by atoms with Gasteiger partial charge in [0.1, 0.15) is 0 Å². The molecule has 112 valence electrons. The van der Waals surface area contributed by atoms with Gasteiger partial charge in [0.15, 0.2) is 11.2 Å². The number of carbonyl (C=O) groups is 1. The smallest absolute Gasteiger partial charge is 0.352 e. The second-order valence-corrected chi connectivity index (χ2v) is 4.30. The predicted octanol–water partition coefficient (Wildman–Crippen LogP) is -0.338. The number of aliphatic hydroxyl groups excluding tert-OH is 1. The Balaban J connectivity index is 2.72. The van der Waals surface area contributed by atoms with Crippen molar-refractivity contribution in [2.45, 2.75) is 6.61 Å². The lowest BCUT2D eigenvalue weighted by Crippen LogP contribution is -2.38. The number of benzene rings is 1. The van der Waals surface area contributed by atoms with E-state index in [2.05, 4.69) is 5.32 Å². The monoisotopic (exact) mass is 294 g/mol. The standard InChI is InChI=1S/C13H15N3O5/c1-21-8-11-12(13(18)14-6-7-17)16(20)10-5-3-2-4-9(10)15(11)19/h2-5,17,19H,6-8H2,1H3/p+1. The normalized spacial score (nSPS) is 10.8. The second kappa shape index (κ2) is 6.33. The number of hydrogen-bond donors (Lipinski definition) is 3. The number of aromatic nitrogens is 2. The number of nitrogens with one attached hydrogen (secondary N) is 1. The Bertz CT molecular complexity index is 726. The quantitative estimate of drug-likeness (QED) is 0.517. The van der Waals surface area contributed by atoms with Crippen LogP contribution in [0.2, 0.25) is 0 Å². The summed E-state index contributed by atoms with van der Waals surface area (Å²) in [5.74, 6) is -0.695. The van der Waals surface area contributed by atoms with Crippen LogP contribution in [0.25, 0.3) is 11.0 Å². The zero-order valence-electron chi connectivity index (χ0n) is 11.4. The van der Waals surface area contributed by atoms with E-state index >= 15 is 0 Å². The predicted molar refractivity (Wildman–Crippen MR) is 72.6 cm³/mol. The molecule has 1 aromatic carbocycles. The van der Waals surface area contributed by atoms with E-state index in [1.165, 1.54) is 13.2 Å². The van der Waals surface area contributed by atoms with Crippen molar-refractivity contribution >= 4 is 16.9 Å². The van der Waals surface area contributed by atoms with Crippen LogP contribution in [0.3, 0.4) is 0 Å². The summed E-state index contributed by atoms with van der Waals surface area (Å²) in [6.07, 6.45) is 0. The summed E-state index contributed by atoms with van der Waals surface area (Å²) >= 11 is 0. The fraction of sp³-hybridized carbons (Fsp3) is 0.308.